The second-order valence-corrected chi connectivity index (χ2v) is 9.33. The van der Waals surface area contributed by atoms with Crippen molar-refractivity contribution in [3.8, 4) is 11.5 Å². The number of rotatable bonds is 7. The van der Waals surface area contributed by atoms with Crippen molar-refractivity contribution in [2.24, 2.45) is 0 Å². The maximum absolute atomic E-state index is 6.00. The van der Waals surface area contributed by atoms with E-state index in [1.54, 1.807) is 11.8 Å². The van der Waals surface area contributed by atoms with E-state index in [-0.39, 0.29) is 5.25 Å². The maximum atomic E-state index is 6.00. The number of hydrogen-bond acceptors (Lipinski definition) is 8. The van der Waals surface area contributed by atoms with Crippen LogP contribution in [0.2, 0.25) is 0 Å². The molecule has 5 rings (SSSR count). The quantitative estimate of drug-likeness (QED) is 0.374. The summed E-state index contributed by atoms with van der Waals surface area (Å²) in [7, 11) is 0. The summed E-state index contributed by atoms with van der Waals surface area (Å²) in [5, 5.41) is 18.4. The summed E-state index contributed by atoms with van der Waals surface area (Å²) in [6.45, 7) is 7.79. The zero-order chi connectivity index (χ0) is 22.6. The monoisotopic (exact) mass is 462 g/mol. The summed E-state index contributed by atoms with van der Waals surface area (Å²) in [5.74, 6) is 1.96. The number of anilines is 1. The van der Waals surface area contributed by atoms with Crippen molar-refractivity contribution in [2.45, 2.75) is 30.8 Å². The van der Waals surface area contributed by atoms with E-state index in [0.29, 0.717) is 31.5 Å². The molecule has 0 bridgehead atoms. The Morgan fingerprint density at radius 3 is 2.45 bits per heavy atom. The number of aryl methyl sites for hydroxylation is 1. The largest absolute Gasteiger partial charge is 0.419 e. The molecule has 1 saturated heterocycles. The third-order valence-electron chi connectivity index (χ3n) is 5.54. The number of hydrogen-bond donors (Lipinski definition) is 0. The average molecular weight is 463 g/mol. The van der Waals surface area contributed by atoms with Crippen LogP contribution in [0.15, 0.2) is 64.2 Å². The molecule has 0 radical (unpaired) electrons. The molecular formula is C24H26N6O2S. The van der Waals surface area contributed by atoms with Gasteiger partial charge in [0.1, 0.15) is 0 Å². The highest BCUT2D eigenvalue weighted by molar-refractivity contribution is 7.99. The summed E-state index contributed by atoms with van der Waals surface area (Å²) in [6, 6.07) is 18.4. The normalized spacial score (nSPS) is 15.0. The zero-order valence-electron chi connectivity index (χ0n) is 18.7. The van der Waals surface area contributed by atoms with Gasteiger partial charge >= 0.3 is 0 Å². The van der Waals surface area contributed by atoms with Gasteiger partial charge in [-0.15, -0.1) is 20.4 Å². The summed E-state index contributed by atoms with van der Waals surface area (Å²) in [6.07, 6.45) is 0. The highest BCUT2D eigenvalue weighted by atomic mass is 32.2. The Balaban J connectivity index is 1.39. The molecule has 4 aromatic rings. The van der Waals surface area contributed by atoms with Crippen LogP contribution < -0.4 is 4.90 Å². The van der Waals surface area contributed by atoms with Crippen molar-refractivity contribution in [2.75, 3.05) is 31.2 Å². The fraction of sp³-hybridized carbons (Fsp3) is 0.333. The zero-order valence-corrected chi connectivity index (χ0v) is 19.5. The molecule has 0 aliphatic carbocycles. The van der Waals surface area contributed by atoms with Crippen LogP contribution in [0.5, 0.6) is 0 Å². The van der Waals surface area contributed by atoms with Crippen LogP contribution >= 0.6 is 11.8 Å². The van der Waals surface area contributed by atoms with Gasteiger partial charge < -0.3 is 14.1 Å². The topological polar surface area (TPSA) is 82.1 Å². The van der Waals surface area contributed by atoms with Gasteiger partial charge in [0.15, 0.2) is 5.16 Å². The number of morpholine rings is 1. The molecule has 1 fully saturated rings. The van der Waals surface area contributed by atoms with Crippen molar-refractivity contribution in [1.29, 1.82) is 0 Å². The van der Waals surface area contributed by atoms with Crippen molar-refractivity contribution in [1.82, 2.24) is 25.0 Å². The minimum absolute atomic E-state index is 0.0760. The minimum Gasteiger partial charge on any atom is -0.419 e. The van der Waals surface area contributed by atoms with Gasteiger partial charge in [0.05, 0.1) is 25.0 Å². The molecule has 0 amide bonds. The van der Waals surface area contributed by atoms with Crippen LogP contribution in [0.4, 0.5) is 5.95 Å². The Morgan fingerprint density at radius 2 is 1.70 bits per heavy atom. The van der Waals surface area contributed by atoms with E-state index < -0.39 is 0 Å². The number of nitrogens with zero attached hydrogens (tertiary/aromatic N) is 6. The standard InChI is InChI=1S/C24H26N6O2S/c1-17-8-10-20(11-9-17)22-26-25-21(32-22)18(2)33-24-28-27-23(29-12-14-31-15-13-29)30(24)16-19-6-4-3-5-7-19/h3-11,18H,12-16H2,1-2H3/t18-/m0/s1. The number of aromatic nitrogens is 5. The third-order valence-corrected chi connectivity index (χ3v) is 6.61. The number of ether oxygens (including phenoxy) is 1. The average Bonchev–Trinajstić information content (AvgIpc) is 3.49. The van der Waals surface area contributed by atoms with E-state index in [9.17, 15) is 0 Å². The predicted octanol–water partition coefficient (Wildman–Crippen LogP) is 4.37. The van der Waals surface area contributed by atoms with E-state index in [1.807, 2.05) is 37.3 Å². The molecule has 170 valence electrons. The minimum atomic E-state index is -0.0760. The summed E-state index contributed by atoms with van der Waals surface area (Å²) in [4.78, 5) is 2.23. The number of thioether (sulfide) groups is 1. The highest BCUT2D eigenvalue weighted by Crippen LogP contribution is 2.36. The molecule has 2 aromatic carbocycles. The molecule has 3 heterocycles. The van der Waals surface area contributed by atoms with Gasteiger partial charge in [-0.25, -0.2) is 0 Å². The molecule has 1 aliphatic heterocycles. The molecule has 0 spiro atoms. The van der Waals surface area contributed by atoms with Crippen LogP contribution in [-0.2, 0) is 11.3 Å². The van der Waals surface area contributed by atoms with Crippen molar-refractivity contribution in [3.05, 3.63) is 71.6 Å². The molecule has 9 heteroatoms. The number of benzene rings is 2. The first-order valence-electron chi connectivity index (χ1n) is 11.0. The third kappa shape index (κ3) is 4.94. The van der Waals surface area contributed by atoms with Gasteiger partial charge in [-0.3, -0.25) is 4.57 Å². The van der Waals surface area contributed by atoms with E-state index in [2.05, 4.69) is 61.1 Å². The van der Waals surface area contributed by atoms with E-state index in [1.165, 1.54) is 11.1 Å². The first-order chi connectivity index (χ1) is 16.2. The maximum Gasteiger partial charge on any atom is 0.247 e. The highest BCUT2D eigenvalue weighted by Gasteiger charge is 2.24. The molecule has 0 saturated carbocycles. The summed E-state index contributed by atoms with van der Waals surface area (Å²) in [5.41, 5.74) is 3.30. The molecule has 2 aromatic heterocycles. The Kier molecular flexibility index (Phi) is 6.41. The Labute approximate surface area is 197 Å². The van der Waals surface area contributed by atoms with Crippen LogP contribution in [0.1, 0.15) is 29.2 Å². The lowest BCUT2D eigenvalue weighted by Crippen LogP contribution is -2.38. The Bertz CT molecular complexity index is 1190. The Morgan fingerprint density at radius 1 is 0.939 bits per heavy atom. The van der Waals surface area contributed by atoms with E-state index >= 15 is 0 Å². The fourth-order valence-corrected chi connectivity index (χ4v) is 4.56. The van der Waals surface area contributed by atoms with Crippen molar-refractivity contribution < 1.29 is 9.15 Å². The fourth-order valence-electron chi connectivity index (χ4n) is 3.69. The molecule has 0 unspecified atom stereocenters. The van der Waals surface area contributed by atoms with E-state index in [0.717, 1.165) is 29.8 Å². The smallest absolute Gasteiger partial charge is 0.247 e. The second kappa shape index (κ2) is 9.76. The van der Waals surface area contributed by atoms with Crippen molar-refractivity contribution in [3.63, 3.8) is 0 Å². The molecule has 8 nitrogen and oxygen atoms in total. The van der Waals surface area contributed by atoms with Gasteiger partial charge in [-0.05, 0) is 31.5 Å². The van der Waals surface area contributed by atoms with Crippen LogP contribution in [-0.4, -0.2) is 51.3 Å². The van der Waals surface area contributed by atoms with Gasteiger partial charge in [-0.1, -0.05) is 59.8 Å². The first kappa shape index (κ1) is 21.7. The molecular weight excluding hydrogens is 436 g/mol. The van der Waals surface area contributed by atoms with Crippen LogP contribution in [0, 0.1) is 6.92 Å². The van der Waals surface area contributed by atoms with Crippen molar-refractivity contribution >= 4 is 17.7 Å². The second-order valence-electron chi connectivity index (χ2n) is 8.03. The van der Waals surface area contributed by atoms with Gasteiger partial charge in [-0.2, -0.15) is 0 Å². The summed E-state index contributed by atoms with van der Waals surface area (Å²) < 4.78 is 13.7. The summed E-state index contributed by atoms with van der Waals surface area (Å²) >= 11 is 1.57. The predicted molar refractivity (Wildman–Crippen MR) is 127 cm³/mol. The lowest BCUT2D eigenvalue weighted by Gasteiger charge is -2.28. The van der Waals surface area contributed by atoms with Gasteiger partial charge in [0, 0.05) is 18.7 Å². The lowest BCUT2D eigenvalue weighted by atomic mass is 10.1. The molecule has 33 heavy (non-hydrogen) atoms. The van der Waals surface area contributed by atoms with Gasteiger partial charge in [0.25, 0.3) is 0 Å². The Hall–Kier alpha value is -3.17. The first-order valence-corrected chi connectivity index (χ1v) is 11.9. The van der Waals surface area contributed by atoms with Crippen LogP contribution in [0.3, 0.4) is 0 Å². The lowest BCUT2D eigenvalue weighted by molar-refractivity contribution is 0.121. The van der Waals surface area contributed by atoms with E-state index in [4.69, 9.17) is 9.15 Å². The SMILES string of the molecule is Cc1ccc(-c2nnc([C@H](C)Sc3nnc(N4CCOCC4)n3Cc3ccccc3)o2)cc1. The van der Waals surface area contributed by atoms with Crippen LogP contribution in [0.25, 0.3) is 11.5 Å². The van der Waals surface area contributed by atoms with Gasteiger partial charge in [0.2, 0.25) is 17.7 Å². The molecule has 0 N–H and O–H groups in total. The molecule has 1 atom stereocenters. The molecule has 1 aliphatic rings.